The first-order chi connectivity index (χ1) is 9.38. The summed E-state index contributed by atoms with van der Waals surface area (Å²) < 4.78 is 0. The highest BCUT2D eigenvalue weighted by molar-refractivity contribution is 6.00. The minimum Gasteiger partial charge on any atom is -0.285 e. The Morgan fingerprint density at radius 2 is 1.53 bits per heavy atom. The third kappa shape index (κ3) is 2.27. The third-order valence-electron chi connectivity index (χ3n) is 3.34. The molecule has 1 radical (unpaired) electrons. The molecule has 0 aliphatic rings. The van der Waals surface area contributed by atoms with Crippen molar-refractivity contribution >= 4 is 17.1 Å². The predicted molar refractivity (Wildman–Crippen MR) is 78.0 cm³/mol. The Morgan fingerprint density at radius 3 is 2.26 bits per heavy atom. The number of fused-ring (bicyclic) bond motifs is 1. The molecule has 0 heterocycles. The van der Waals surface area contributed by atoms with Crippen LogP contribution in [-0.2, 0) is 11.2 Å². The highest BCUT2D eigenvalue weighted by Crippen LogP contribution is 2.24. The topological polar surface area (TPSA) is 17.1 Å². The van der Waals surface area contributed by atoms with Gasteiger partial charge in [0.05, 0.1) is 0 Å². The monoisotopic (exact) mass is 245 g/mol. The number of rotatable bonds is 3. The molecule has 0 amide bonds. The van der Waals surface area contributed by atoms with Gasteiger partial charge in [-0.15, -0.1) is 0 Å². The summed E-state index contributed by atoms with van der Waals surface area (Å²) in [5.74, 6) is 0. The van der Waals surface area contributed by atoms with Crippen LogP contribution in [0.15, 0.2) is 66.7 Å². The van der Waals surface area contributed by atoms with Crippen molar-refractivity contribution in [2.24, 2.45) is 0 Å². The standard InChI is InChI=1S/C18H13O/c19-13-17-11-5-9-15-8-4-10-16(18(15)17)12-14-6-2-1-3-7-14/h1-11H,12H2. The van der Waals surface area contributed by atoms with Gasteiger partial charge in [0.25, 0.3) is 0 Å². The number of hydrogen-bond donors (Lipinski definition) is 0. The summed E-state index contributed by atoms with van der Waals surface area (Å²) >= 11 is 0. The Morgan fingerprint density at radius 1 is 0.789 bits per heavy atom. The predicted octanol–water partition coefficient (Wildman–Crippen LogP) is 3.89. The maximum Gasteiger partial charge on any atom is 0.234 e. The molecule has 3 aromatic carbocycles. The third-order valence-corrected chi connectivity index (χ3v) is 3.34. The van der Waals surface area contributed by atoms with E-state index in [0.29, 0.717) is 5.56 Å². The minimum absolute atomic E-state index is 0.643. The smallest absolute Gasteiger partial charge is 0.234 e. The van der Waals surface area contributed by atoms with Gasteiger partial charge in [-0.05, 0) is 28.3 Å². The Bertz CT molecular complexity index is 709. The van der Waals surface area contributed by atoms with Gasteiger partial charge < -0.3 is 0 Å². The largest absolute Gasteiger partial charge is 0.285 e. The summed E-state index contributed by atoms with van der Waals surface area (Å²) in [5, 5.41) is 2.11. The fraction of sp³-hybridized carbons (Fsp3) is 0.0556. The average molecular weight is 245 g/mol. The summed E-state index contributed by atoms with van der Waals surface area (Å²) in [6.07, 6.45) is 2.88. The number of benzene rings is 3. The van der Waals surface area contributed by atoms with Crippen LogP contribution in [0.5, 0.6) is 0 Å². The van der Waals surface area contributed by atoms with Crippen LogP contribution in [0.2, 0.25) is 0 Å². The van der Waals surface area contributed by atoms with Crippen molar-refractivity contribution in [3.05, 3.63) is 83.4 Å². The van der Waals surface area contributed by atoms with E-state index >= 15 is 0 Å². The second-order valence-corrected chi connectivity index (χ2v) is 4.59. The molecular formula is C18H13O. The molecule has 91 valence electrons. The van der Waals surface area contributed by atoms with Crippen LogP contribution in [0.1, 0.15) is 16.7 Å². The average Bonchev–Trinajstić information content (AvgIpc) is 2.48. The van der Waals surface area contributed by atoms with Crippen molar-refractivity contribution in [3.63, 3.8) is 0 Å². The van der Waals surface area contributed by atoms with Crippen molar-refractivity contribution in [1.29, 1.82) is 0 Å². The molecule has 0 aliphatic carbocycles. The van der Waals surface area contributed by atoms with E-state index in [1.54, 1.807) is 0 Å². The molecule has 0 saturated heterocycles. The number of hydrogen-bond acceptors (Lipinski definition) is 1. The molecule has 0 bridgehead atoms. The molecule has 0 unspecified atom stereocenters. The second kappa shape index (κ2) is 5.07. The van der Waals surface area contributed by atoms with Gasteiger partial charge in [0, 0.05) is 5.56 Å². The summed E-state index contributed by atoms with van der Waals surface area (Å²) in [4.78, 5) is 11.1. The Kier molecular flexibility index (Phi) is 3.11. The second-order valence-electron chi connectivity index (χ2n) is 4.59. The molecule has 0 aliphatic heterocycles. The SMILES string of the molecule is O=[C]c1cccc2cccc(Cc3ccccc3)c12. The van der Waals surface area contributed by atoms with Gasteiger partial charge in [0.1, 0.15) is 0 Å². The Labute approximate surface area is 112 Å². The minimum atomic E-state index is 0.643. The summed E-state index contributed by atoms with van der Waals surface area (Å²) in [5.41, 5.74) is 3.06. The van der Waals surface area contributed by atoms with Crippen molar-refractivity contribution in [2.75, 3.05) is 0 Å². The lowest BCUT2D eigenvalue weighted by Gasteiger charge is -2.08. The molecule has 19 heavy (non-hydrogen) atoms. The molecule has 1 heteroatoms. The van der Waals surface area contributed by atoms with E-state index in [-0.39, 0.29) is 0 Å². The molecule has 0 spiro atoms. The fourth-order valence-electron chi connectivity index (χ4n) is 2.47. The molecule has 0 fully saturated rings. The van der Waals surface area contributed by atoms with Crippen LogP contribution in [0, 0.1) is 0 Å². The zero-order valence-electron chi connectivity index (χ0n) is 10.5. The first-order valence-corrected chi connectivity index (χ1v) is 6.31. The quantitative estimate of drug-likeness (QED) is 0.684. The van der Waals surface area contributed by atoms with Crippen molar-refractivity contribution in [1.82, 2.24) is 0 Å². The van der Waals surface area contributed by atoms with Crippen LogP contribution in [0.3, 0.4) is 0 Å². The first kappa shape index (κ1) is 11.7. The Hall–Kier alpha value is -2.41. The lowest BCUT2D eigenvalue weighted by Crippen LogP contribution is -1.93. The molecule has 1 nitrogen and oxygen atoms in total. The zero-order valence-corrected chi connectivity index (χ0v) is 10.5. The normalized spacial score (nSPS) is 10.5. The lowest BCUT2D eigenvalue weighted by molar-refractivity contribution is 0.563. The van der Waals surface area contributed by atoms with Gasteiger partial charge in [-0.25, -0.2) is 0 Å². The molecular weight excluding hydrogens is 232 g/mol. The van der Waals surface area contributed by atoms with E-state index in [9.17, 15) is 4.79 Å². The summed E-state index contributed by atoms with van der Waals surface area (Å²) in [6.45, 7) is 0. The highest BCUT2D eigenvalue weighted by atomic mass is 16.1. The van der Waals surface area contributed by atoms with Crippen molar-refractivity contribution in [2.45, 2.75) is 6.42 Å². The number of carbonyl (C=O) groups excluding carboxylic acids is 1. The van der Waals surface area contributed by atoms with Gasteiger partial charge in [-0.1, -0.05) is 66.7 Å². The van der Waals surface area contributed by atoms with Crippen molar-refractivity contribution < 1.29 is 4.79 Å². The van der Waals surface area contributed by atoms with Crippen LogP contribution >= 0.6 is 0 Å². The van der Waals surface area contributed by atoms with Crippen molar-refractivity contribution in [3.8, 4) is 0 Å². The molecule has 3 aromatic rings. The lowest BCUT2D eigenvalue weighted by atomic mass is 9.95. The van der Waals surface area contributed by atoms with E-state index in [4.69, 9.17) is 0 Å². The van der Waals surface area contributed by atoms with Gasteiger partial charge in [-0.2, -0.15) is 0 Å². The van der Waals surface area contributed by atoms with E-state index in [2.05, 4.69) is 18.2 Å². The molecule has 0 aromatic heterocycles. The molecule has 0 saturated carbocycles. The van der Waals surface area contributed by atoms with E-state index in [1.807, 2.05) is 54.8 Å². The summed E-state index contributed by atoms with van der Waals surface area (Å²) in [6, 6.07) is 22.2. The van der Waals surface area contributed by atoms with Gasteiger partial charge >= 0.3 is 0 Å². The maximum atomic E-state index is 11.1. The van der Waals surface area contributed by atoms with Gasteiger partial charge in [-0.3, -0.25) is 4.79 Å². The van der Waals surface area contributed by atoms with Gasteiger partial charge in [0.15, 0.2) is 0 Å². The van der Waals surface area contributed by atoms with Gasteiger partial charge in [0.2, 0.25) is 6.29 Å². The maximum absolute atomic E-state index is 11.1. The molecule has 3 rings (SSSR count). The molecule has 0 N–H and O–H groups in total. The summed E-state index contributed by atoms with van der Waals surface area (Å²) in [7, 11) is 0. The van der Waals surface area contributed by atoms with Crippen LogP contribution < -0.4 is 0 Å². The van der Waals surface area contributed by atoms with Crippen LogP contribution in [0.4, 0.5) is 0 Å². The van der Waals surface area contributed by atoms with E-state index in [0.717, 1.165) is 17.2 Å². The first-order valence-electron chi connectivity index (χ1n) is 6.31. The zero-order chi connectivity index (χ0) is 13.1. The van der Waals surface area contributed by atoms with Crippen LogP contribution in [-0.4, -0.2) is 6.29 Å². The fourth-order valence-corrected chi connectivity index (χ4v) is 2.47. The highest BCUT2D eigenvalue weighted by Gasteiger charge is 2.06. The van der Waals surface area contributed by atoms with Crippen LogP contribution in [0.25, 0.3) is 10.8 Å². The van der Waals surface area contributed by atoms with E-state index in [1.165, 1.54) is 11.1 Å². The Balaban J connectivity index is 2.16. The molecule has 0 atom stereocenters. The van der Waals surface area contributed by atoms with E-state index < -0.39 is 0 Å².